The average molecular weight is 247 g/mol. The second kappa shape index (κ2) is 5.82. The fourth-order valence-corrected chi connectivity index (χ4v) is 2.07. The summed E-state index contributed by atoms with van der Waals surface area (Å²) in [5, 5.41) is 4.61. The van der Waals surface area contributed by atoms with E-state index in [9.17, 15) is 9.00 Å². The third kappa shape index (κ3) is 3.96. The molecule has 0 bridgehead atoms. The molecule has 1 unspecified atom stereocenters. The van der Waals surface area contributed by atoms with E-state index >= 15 is 0 Å². The summed E-state index contributed by atoms with van der Waals surface area (Å²) in [4.78, 5) is 15.2. The van der Waals surface area contributed by atoms with Gasteiger partial charge in [-0.3, -0.25) is 9.00 Å². The Morgan fingerprint density at radius 3 is 3.00 bits per heavy atom. The maximum absolute atomic E-state index is 11.4. The number of hydrogen-bond donors (Lipinski definition) is 2. The van der Waals surface area contributed by atoms with E-state index in [4.69, 9.17) is 5.73 Å². The molecular weight excluding hydrogens is 234 g/mol. The SMILES string of the molecule is CCS(=O)CCNC(=O)c1csc(N)n1. The highest BCUT2D eigenvalue weighted by atomic mass is 32.2. The molecule has 1 heterocycles. The van der Waals surface area contributed by atoms with Crippen molar-refractivity contribution in [3.05, 3.63) is 11.1 Å². The number of carbonyl (C=O) groups is 1. The van der Waals surface area contributed by atoms with E-state index in [1.165, 1.54) is 11.3 Å². The number of nitrogens with two attached hydrogens (primary N) is 1. The Bertz CT molecular complexity index is 365. The molecule has 3 N–H and O–H groups in total. The van der Waals surface area contributed by atoms with Crippen LogP contribution in [0.4, 0.5) is 5.13 Å². The van der Waals surface area contributed by atoms with Crippen molar-refractivity contribution >= 4 is 33.2 Å². The van der Waals surface area contributed by atoms with E-state index in [1.807, 2.05) is 6.92 Å². The fourth-order valence-electron chi connectivity index (χ4n) is 0.905. The molecule has 1 amide bonds. The lowest BCUT2D eigenvalue weighted by Gasteiger charge is -2.01. The molecule has 1 atom stereocenters. The van der Waals surface area contributed by atoms with Gasteiger partial charge in [0.05, 0.1) is 0 Å². The number of aromatic nitrogens is 1. The van der Waals surface area contributed by atoms with Gasteiger partial charge in [-0.25, -0.2) is 4.98 Å². The van der Waals surface area contributed by atoms with Crippen LogP contribution in [-0.2, 0) is 10.8 Å². The van der Waals surface area contributed by atoms with Crippen molar-refractivity contribution in [2.45, 2.75) is 6.92 Å². The van der Waals surface area contributed by atoms with Crippen molar-refractivity contribution < 1.29 is 9.00 Å². The number of nitrogen functional groups attached to an aromatic ring is 1. The minimum absolute atomic E-state index is 0.268. The van der Waals surface area contributed by atoms with Crippen LogP contribution < -0.4 is 11.1 Å². The van der Waals surface area contributed by atoms with Crippen LogP contribution >= 0.6 is 11.3 Å². The van der Waals surface area contributed by atoms with Gasteiger partial charge in [0.15, 0.2) is 5.13 Å². The zero-order chi connectivity index (χ0) is 11.3. The lowest BCUT2D eigenvalue weighted by atomic mass is 10.4. The van der Waals surface area contributed by atoms with Crippen LogP contribution in [0.3, 0.4) is 0 Å². The number of nitrogens with zero attached hydrogens (tertiary/aromatic N) is 1. The van der Waals surface area contributed by atoms with E-state index in [2.05, 4.69) is 10.3 Å². The Morgan fingerprint density at radius 1 is 1.73 bits per heavy atom. The molecule has 1 aromatic rings. The normalized spacial score (nSPS) is 12.3. The van der Waals surface area contributed by atoms with Gasteiger partial charge in [0.2, 0.25) is 0 Å². The van der Waals surface area contributed by atoms with E-state index in [-0.39, 0.29) is 5.91 Å². The lowest BCUT2D eigenvalue weighted by Crippen LogP contribution is -2.28. The summed E-state index contributed by atoms with van der Waals surface area (Å²) >= 11 is 1.22. The standard InChI is InChI=1S/C8H13N3O2S2/c1-2-15(13)4-3-10-7(12)6-5-14-8(9)11-6/h5H,2-4H2,1H3,(H2,9,11)(H,10,12). The van der Waals surface area contributed by atoms with Crippen LogP contribution in [0.5, 0.6) is 0 Å². The van der Waals surface area contributed by atoms with Crippen LogP contribution in [0.2, 0.25) is 0 Å². The Kier molecular flexibility index (Phi) is 4.70. The molecule has 0 spiro atoms. The smallest absolute Gasteiger partial charge is 0.270 e. The van der Waals surface area contributed by atoms with Crippen molar-refractivity contribution in [3.8, 4) is 0 Å². The van der Waals surface area contributed by atoms with E-state index in [1.54, 1.807) is 5.38 Å². The van der Waals surface area contributed by atoms with Gasteiger partial charge in [0.1, 0.15) is 5.69 Å². The van der Waals surface area contributed by atoms with Crippen molar-refractivity contribution in [3.63, 3.8) is 0 Å². The Morgan fingerprint density at radius 2 is 2.47 bits per heavy atom. The molecular formula is C8H13N3O2S2. The van der Waals surface area contributed by atoms with Gasteiger partial charge >= 0.3 is 0 Å². The van der Waals surface area contributed by atoms with Crippen molar-refractivity contribution in [2.24, 2.45) is 0 Å². The molecule has 1 aromatic heterocycles. The highest BCUT2D eigenvalue weighted by Gasteiger charge is 2.08. The Labute approximate surface area is 94.5 Å². The van der Waals surface area contributed by atoms with E-state index in [0.29, 0.717) is 28.9 Å². The number of carbonyl (C=O) groups excluding carboxylic acids is 1. The molecule has 0 aliphatic rings. The van der Waals surface area contributed by atoms with E-state index < -0.39 is 10.8 Å². The molecule has 7 heteroatoms. The molecule has 0 saturated heterocycles. The molecule has 0 aliphatic heterocycles. The number of hydrogen-bond acceptors (Lipinski definition) is 5. The highest BCUT2D eigenvalue weighted by molar-refractivity contribution is 7.84. The zero-order valence-electron chi connectivity index (χ0n) is 8.36. The van der Waals surface area contributed by atoms with Gasteiger partial charge < -0.3 is 11.1 Å². The van der Waals surface area contributed by atoms with Crippen LogP contribution in [0.15, 0.2) is 5.38 Å². The van der Waals surface area contributed by atoms with Gasteiger partial charge in [-0.05, 0) is 0 Å². The summed E-state index contributed by atoms with van der Waals surface area (Å²) in [5.41, 5.74) is 5.71. The summed E-state index contributed by atoms with van der Waals surface area (Å²) in [5.74, 6) is 0.817. The minimum Gasteiger partial charge on any atom is -0.375 e. The van der Waals surface area contributed by atoms with Gasteiger partial charge in [0, 0.05) is 34.2 Å². The predicted octanol–water partition coefficient (Wildman–Crippen LogP) is 0.224. The van der Waals surface area contributed by atoms with Gasteiger partial charge in [0.25, 0.3) is 5.91 Å². The van der Waals surface area contributed by atoms with Crippen LogP contribution in [-0.4, -0.2) is 33.2 Å². The maximum atomic E-state index is 11.4. The van der Waals surface area contributed by atoms with Gasteiger partial charge in [-0.15, -0.1) is 11.3 Å². The predicted molar refractivity (Wildman–Crippen MR) is 62.4 cm³/mol. The van der Waals surface area contributed by atoms with Crippen molar-refractivity contribution in [1.29, 1.82) is 0 Å². The van der Waals surface area contributed by atoms with E-state index in [0.717, 1.165) is 0 Å². The number of amides is 1. The molecule has 0 aromatic carbocycles. The molecule has 5 nitrogen and oxygen atoms in total. The Balaban J connectivity index is 2.34. The molecule has 1 rings (SSSR count). The van der Waals surface area contributed by atoms with Gasteiger partial charge in [-0.2, -0.15) is 0 Å². The molecule has 0 radical (unpaired) electrons. The van der Waals surface area contributed by atoms with Crippen LogP contribution in [0.25, 0.3) is 0 Å². The van der Waals surface area contributed by atoms with Crippen LogP contribution in [0.1, 0.15) is 17.4 Å². The zero-order valence-corrected chi connectivity index (χ0v) is 9.99. The number of rotatable bonds is 5. The first-order valence-electron chi connectivity index (χ1n) is 4.47. The second-order valence-corrected chi connectivity index (χ2v) is 5.51. The summed E-state index contributed by atoms with van der Waals surface area (Å²) in [6.07, 6.45) is 0. The van der Waals surface area contributed by atoms with Crippen molar-refractivity contribution in [2.75, 3.05) is 23.8 Å². The maximum Gasteiger partial charge on any atom is 0.270 e. The summed E-state index contributed by atoms with van der Waals surface area (Å²) < 4.78 is 11.1. The molecule has 84 valence electrons. The molecule has 0 saturated carbocycles. The van der Waals surface area contributed by atoms with Crippen LogP contribution in [0, 0.1) is 0 Å². The summed E-state index contributed by atoms with van der Waals surface area (Å²) in [6.45, 7) is 2.25. The largest absolute Gasteiger partial charge is 0.375 e. The molecule has 0 aliphatic carbocycles. The third-order valence-corrected chi connectivity index (χ3v) is 3.67. The third-order valence-electron chi connectivity index (χ3n) is 1.69. The Hall–Kier alpha value is -0.950. The first-order chi connectivity index (χ1) is 7.13. The topological polar surface area (TPSA) is 85.1 Å². The van der Waals surface area contributed by atoms with Gasteiger partial charge in [-0.1, -0.05) is 6.92 Å². The second-order valence-electron chi connectivity index (χ2n) is 2.76. The first kappa shape index (κ1) is 12.1. The highest BCUT2D eigenvalue weighted by Crippen LogP contribution is 2.10. The first-order valence-corrected chi connectivity index (χ1v) is 6.84. The molecule has 15 heavy (non-hydrogen) atoms. The average Bonchev–Trinajstić information content (AvgIpc) is 2.64. The summed E-state index contributed by atoms with van der Waals surface area (Å²) in [6, 6.07) is 0. The summed E-state index contributed by atoms with van der Waals surface area (Å²) in [7, 11) is -0.852. The molecule has 0 fully saturated rings. The quantitative estimate of drug-likeness (QED) is 0.779. The fraction of sp³-hybridized carbons (Fsp3) is 0.500. The number of anilines is 1. The lowest BCUT2D eigenvalue weighted by molar-refractivity contribution is 0.0952. The monoisotopic (exact) mass is 247 g/mol. The number of thiazole rings is 1. The minimum atomic E-state index is -0.852. The number of nitrogens with one attached hydrogen (secondary N) is 1. The van der Waals surface area contributed by atoms with Crippen molar-refractivity contribution in [1.82, 2.24) is 10.3 Å².